The van der Waals surface area contributed by atoms with Crippen LogP contribution in [0.5, 0.6) is 0 Å². The van der Waals surface area contributed by atoms with Gasteiger partial charge in [0.05, 0.1) is 26.4 Å². The fourth-order valence-corrected chi connectivity index (χ4v) is 2.45. The largest absolute Gasteiger partial charge is 0.378 e. The van der Waals surface area contributed by atoms with Gasteiger partial charge in [0, 0.05) is 45.8 Å². The average molecular weight is 307 g/mol. The van der Waals surface area contributed by atoms with Crippen molar-refractivity contribution in [3.8, 4) is 0 Å². The minimum Gasteiger partial charge on any atom is -0.378 e. The average Bonchev–Trinajstić information content (AvgIpc) is 2.56. The number of nitrogens with zero attached hydrogens (tertiary/aromatic N) is 1. The summed E-state index contributed by atoms with van der Waals surface area (Å²) >= 11 is 0. The zero-order valence-electron chi connectivity index (χ0n) is 13.4. The highest BCUT2D eigenvalue weighted by Gasteiger charge is 2.06. The van der Waals surface area contributed by atoms with Crippen LogP contribution in [0.4, 0.5) is 0 Å². The van der Waals surface area contributed by atoms with Gasteiger partial charge in [0.1, 0.15) is 0 Å². The molecule has 0 radical (unpaired) electrons. The van der Waals surface area contributed by atoms with Gasteiger partial charge in [-0.15, -0.1) is 0 Å². The molecule has 22 heavy (non-hydrogen) atoms. The van der Waals surface area contributed by atoms with E-state index < -0.39 is 0 Å². The first-order valence-corrected chi connectivity index (χ1v) is 8.28. The van der Waals surface area contributed by atoms with E-state index in [0.717, 1.165) is 59.0 Å². The Bertz CT molecular complexity index is 359. The van der Waals surface area contributed by atoms with Crippen LogP contribution in [0.15, 0.2) is 30.3 Å². The van der Waals surface area contributed by atoms with Crippen LogP contribution in [-0.4, -0.2) is 70.6 Å². The van der Waals surface area contributed by atoms with Gasteiger partial charge in [0.15, 0.2) is 0 Å². The van der Waals surface area contributed by atoms with Crippen LogP contribution >= 0.6 is 0 Å². The summed E-state index contributed by atoms with van der Waals surface area (Å²) in [5, 5.41) is 6.89. The second-order valence-corrected chi connectivity index (χ2v) is 5.49. The van der Waals surface area contributed by atoms with Gasteiger partial charge in [0.25, 0.3) is 0 Å². The first-order chi connectivity index (χ1) is 10.9. The van der Waals surface area contributed by atoms with Crippen LogP contribution in [-0.2, 0) is 16.0 Å². The Kier molecular flexibility index (Phi) is 9.14. The van der Waals surface area contributed by atoms with Crippen molar-refractivity contribution in [2.24, 2.45) is 0 Å². The predicted octanol–water partition coefficient (Wildman–Crippen LogP) is 0.715. The van der Waals surface area contributed by atoms with Crippen LogP contribution in [0.2, 0.25) is 0 Å². The number of nitrogens with one attached hydrogen (secondary N) is 2. The Labute approximate surface area is 134 Å². The molecule has 0 spiro atoms. The number of rotatable bonds is 2. The lowest BCUT2D eigenvalue weighted by atomic mass is 10.2. The molecule has 1 aliphatic heterocycles. The third kappa shape index (κ3) is 7.87. The molecular formula is C17H29N3O2. The quantitative estimate of drug-likeness (QED) is 0.843. The first-order valence-electron chi connectivity index (χ1n) is 8.28. The van der Waals surface area contributed by atoms with Crippen molar-refractivity contribution in [2.75, 3.05) is 65.7 Å². The fraction of sp³-hybridized carbons (Fsp3) is 0.647. The monoisotopic (exact) mass is 307 g/mol. The lowest BCUT2D eigenvalue weighted by Gasteiger charge is -2.23. The van der Waals surface area contributed by atoms with Crippen LogP contribution in [0.25, 0.3) is 0 Å². The van der Waals surface area contributed by atoms with Gasteiger partial charge in [0.2, 0.25) is 0 Å². The molecule has 0 bridgehead atoms. The molecule has 2 N–H and O–H groups in total. The van der Waals surface area contributed by atoms with Gasteiger partial charge in [-0.1, -0.05) is 30.3 Å². The molecule has 1 aliphatic rings. The van der Waals surface area contributed by atoms with Crippen molar-refractivity contribution in [2.45, 2.75) is 6.54 Å². The summed E-state index contributed by atoms with van der Waals surface area (Å²) < 4.78 is 11.0. The Morgan fingerprint density at radius 3 is 1.95 bits per heavy atom. The normalized spacial score (nSPS) is 20.9. The van der Waals surface area contributed by atoms with Crippen molar-refractivity contribution in [3.05, 3.63) is 35.9 Å². The topological polar surface area (TPSA) is 45.8 Å². The van der Waals surface area contributed by atoms with Gasteiger partial charge in [-0.25, -0.2) is 0 Å². The summed E-state index contributed by atoms with van der Waals surface area (Å²) in [6.45, 7) is 9.75. The Balaban J connectivity index is 1.77. The van der Waals surface area contributed by atoms with Crippen LogP contribution < -0.4 is 10.6 Å². The van der Waals surface area contributed by atoms with Gasteiger partial charge in [-0.2, -0.15) is 0 Å². The Morgan fingerprint density at radius 2 is 1.36 bits per heavy atom. The predicted molar refractivity (Wildman–Crippen MR) is 89.1 cm³/mol. The van der Waals surface area contributed by atoms with E-state index in [1.54, 1.807) is 0 Å². The number of benzene rings is 1. The van der Waals surface area contributed by atoms with Crippen molar-refractivity contribution in [1.82, 2.24) is 15.5 Å². The molecule has 124 valence electrons. The summed E-state index contributed by atoms with van der Waals surface area (Å²) in [6, 6.07) is 10.7. The fourth-order valence-electron chi connectivity index (χ4n) is 2.45. The maximum atomic E-state index is 5.51. The van der Waals surface area contributed by atoms with E-state index in [4.69, 9.17) is 9.47 Å². The SMILES string of the molecule is c1ccc(CN2CCNCCOCCOCCNCC2)cc1. The molecule has 1 fully saturated rings. The van der Waals surface area contributed by atoms with E-state index in [1.807, 2.05) is 0 Å². The smallest absolute Gasteiger partial charge is 0.0701 e. The summed E-state index contributed by atoms with van der Waals surface area (Å²) in [5.74, 6) is 0. The third-order valence-corrected chi connectivity index (χ3v) is 3.68. The minimum absolute atomic E-state index is 0.682. The molecule has 0 saturated carbocycles. The summed E-state index contributed by atoms with van der Waals surface area (Å²) in [4.78, 5) is 2.48. The van der Waals surface area contributed by atoms with Crippen molar-refractivity contribution < 1.29 is 9.47 Å². The molecule has 1 aromatic carbocycles. The molecule has 1 heterocycles. The van der Waals surface area contributed by atoms with E-state index in [-0.39, 0.29) is 0 Å². The molecule has 1 saturated heterocycles. The lowest BCUT2D eigenvalue weighted by Crippen LogP contribution is -2.37. The molecule has 0 atom stereocenters. The zero-order valence-corrected chi connectivity index (χ0v) is 13.4. The van der Waals surface area contributed by atoms with Gasteiger partial charge in [-0.05, 0) is 5.56 Å². The zero-order chi connectivity index (χ0) is 15.3. The van der Waals surface area contributed by atoms with Crippen LogP contribution in [0.1, 0.15) is 5.56 Å². The van der Waals surface area contributed by atoms with E-state index in [0.29, 0.717) is 13.2 Å². The van der Waals surface area contributed by atoms with E-state index in [2.05, 4.69) is 45.9 Å². The first kappa shape index (κ1) is 17.4. The molecule has 2 rings (SSSR count). The van der Waals surface area contributed by atoms with Crippen molar-refractivity contribution in [1.29, 1.82) is 0 Å². The summed E-state index contributed by atoms with van der Waals surface area (Å²) in [7, 11) is 0. The number of hydrogen-bond acceptors (Lipinski definition) is 5. The maximum Gasteiger partial charge on any atom is 0.0701 e. The second-order valence-electron chi connectivity index (χ2n) is 5.49. The second kappa shape index (κ2) is 11.6. The third-order valence-electron chi connectivity index (χ3n) is 3.68. The van der Waals surface area contributed by atoms with Crippen molar-refractivity contribution in [3.63, 3.8) is 0 Å². The summed E-state index contributed by atoms with van der Waals surface area (Å²) in [5.41, 5.74) is 1.37. The van der Waals surface area contributed by atoms with E-state index in [9.17, 15) is 0 Å². The summed E-state index contributed by atoms with van der Waals surface area (Å²) in [6.07, 6.45) is 0. The molecule has 0 aromatic heterocycles. The highest BCUT2D eigenvalue weighted by molar-refractivity contribution is 5.14. The van der Waals surface area contributed by atoms with Gasteiger partial charge in [-0.3, -0.25) is 4.90 Å². The maximum absolute atomic E-state index is 5.51. The van der Waals surface area contributed by atoms with Crippen molar-refractivity contribution >= 4 is 0 Å². The lowest BCUT2D eigenvalue weighted by molar-refractivity contribution is 0.0502. The van der Waals surface area contributed by atoms with Gasteiger partial charge >= 0.3 is 0 Å². The minimum atomic E-state index is 0.682. The number of ether oxygens (including phenoxy) is 2. The van der Waals surface area contributed by atoms with Gasteiger partial charge < -0.3 is 20.1 Å². The standard InChI is InChI=1S/C17H29N3O2/c1-2-4-17(5-3-1)16-20-10-6-18-8-12-21-14-15-22-13-9-19-7-11-20/h1-5,18-19H,6-16H2. The molecule has 5 nitrogen and oxygen atoms in total. The molecule has 1 aromatic rings. The van der Waals surface area contributed by atoms with E-state index >= 15 is 0 Å². The van der Waals surface area contributed by atoms with Crippen LogP contribution in [0, 0.1) is 0 Å². The molecule has 0 aliphatic carbocycles. The molecule has 5 heteroatoms. The number of hydrogen-bond donors (Lipinski definition) is 2. The molecule has 0 amide bonds. The highest BCUT2D eigenvalue weighted by Crippen LogP contribution is 2.03. The van der Waals surface area contributed by atoms with Crippen LogP contribution in [0.3, 0.4) is 0 Å². The Morgan fingerprint density at radius 1 is 0.773 bits per heavy atom. The molecule has 0 unspecified atom stereocenters. The Hall–Kier alpha value is -0.980. The highest BCUT2D eigenvalue weighted by atomic mass is 16.5. The molecular weight excluding hydrogens is 278 g/mol. The van der Waals surface area contributed by atoms with E-state index in [1.165, 1.54) is 5.56 Å².